The summed E-state index contributed by atoms with van der Waals surface area (Å²) in [4.78, 5) is 7.94. The third kappa shape index (κ3) is 2.96. The summed E-state index contributed by atoms with van der Waals surface area (Å²) in [5.41, 5.74) is 0. The summed E-state index contributed by atoms with van der Waals surface area (Å²) in [6, 6.07) is 0.436. The highest BCUT2D eigenvalue weighted by molar-refractivity contribution is 5.80. The van der Waals surface area contributed by atoms with Gasteiger partial charge in [0.25, 0.3) is 0 Å². The van der Waals surface area contributed by atoms with Crippen LogP contribution in [0.2, 0.25) is 0 Å². The zero-order valence-electron chi connectivity index (χ0n) is 10.4. The maximum atomic E-state index is 12.6. The monoisotopic (exact) mass is 257 g/mol. The van der Waals surface area contributed by atoms with Crippen molar-refractivity contribution in [3.05, 3.63) is 18.2 Å². The second kappa shape index (κ2) is 5.32. The number of aliphatic imine (C=N–C) groups is 1. The van der Waals surface area contributed by atoms with Crippen LogP contribution in [-0.2, 0) is 6.54 Å². The van der Waals surface area contributed by atoms with Crippen molar-refractivity contribution in [2.24, 2.45) is 10.9 Å². The highest BCUT2D eigenvalue weighted by atomic mass is 19.3. The third-order valence-corrected chi connectivity index (χ3v) is 3.03. The molecule has 0 amide bonds. The Balaban J connectivity index is 1.87. The molecule has 0 bridgehead atoms. The van der Waals surface area contributed by atoms with E-state index < -0.39 is 6.55 Å². The van der Waals surface area contributed by atoms with Crippen LogP contribution in [0.25, 0.3) is 0 Å². The molecule has 1 aliphatic carbocycles. The largest absolute Gasteiger partial charge is 0.353 e. The Morgan fingerprint density at radius 1 is 1.67 bits per heavy atom. The molecule has 1 aromatic heterocycles. The normalized spacial score (nSPS) is 23.3. The van der Waals surface area contributed by atoms with Crippen molar-refractivity contribution < 1.29 is 8.78 Å². The van der Waals surface area contributed by atoms with Crippen LogP contribution < -0.4 is 10.6 Å². The first-order valence-corrected chi connectivity index (χ1v) is 5.89. The van der Waals surface area contributed by atoms with Crippen molar-refractivity contribution in [2.75, 3.05) is 7.05 Å². The Morgan fingerprint density at radius 3 is 2.94 bits per heavy atom. The average molecular weight is 257 g/mol. The molecular weight excluding hydrogens is 240 g/mol. The smallest absolute Gasteiger partial charge is 0.319 e. The van der Waals surface area contributed by atoms with Gasteiger partial charge in [0, 0.05) is 25.5 Å². The predicted octanol–water partition coefficient (Wildman–Crippen LogP) is 1.35. The minimum absolute atomic E-state index is 0.220. The highest BCUT2D eigenvalue weighted by Gasteiger charge is 2.33. The van der Waals surface area contributed by atoms with Gasteiger partial charge in [-0.3, -0.25) is 9.56 Å². The van der Waals surface area contributed by atoms with E-state index in [-0.39, 0.29) is 12.4 Å². The lowest BCUT2D eigenvalue weighted by Crippen LogP contribution is -2.39. The van der Waals surface area contributed by atoms with Crippen LogP contribution in [0.15, 0.2) is 17.4 Å². The first-order valence-electron chi connectivity index (χ1n) is 5.89. The molecule has 1 saturated carbocycles. The number of nitrogens with zero attached hydrogens (tertiary/aromatic N) is 3. The molecule has 2 unspecified atom stereocenters. The van der Waals surface area contributed by atoms with Crippen LogP contribution in [0.3, 0.4) is 0 Å². The van der Waals surface area contributed by atoms with E-state index in [1.807, 2.05) is 0 Å². The van der Waals surface area contributed by atoms with Crippen LogP contribution in [0, 0.1) is 5.92 Å². The van der Waals surface area contributed by atoms with E-state index >= 15 is 0 Å². The van der Waals surface area contributed by atoms with Gasteiger partial charge in [0.1, 0.15) is 5.82 Å². The second-order valence-electron chi connectivity index (χ2n) is 4.42. The number of rotatable bonds is 4. The average Bonchev–Trinajstić information content (AvgIpc) is 2.85. The Morgan fingerprint density at radius 2 is 2.39 bits per heavy atom. The first kappa shape index (κ1) is 12.8. The number of imidazole rings is 1. The second-order valence-corrected chi connectivity index (χ2v) is 4.42. The quantitative estimate of drug-likeness (QED) is 0.632. The molecule has 100 valence electrons. The van der Waals surface area contributed by atoms with Crippen LogP contribution in [-0.4, -0.2) is 28.6 Å². The van der Waals surface area contributed by atoms with Crippen LogP contribution in [0.4, 0.5) is 8.78 Å². The SMILES string of the molecule is CN=C(NCc1nccn1C(F)F)NC1CC1C. The number of nitrogens with one attached hydrogen (secondary N) is 2. The third-order valence-electron chi connectivity index (χ3n) is 3.03. The number of hydrogen-bond acceptors (Lipinski definition) is 2. The van der Waals surface area contributed by atoms with Crippen molar-refractivity contribution in [3.63, 3.8) is 0 Å². The van der Waals surface area contributed by atoms with Crippen molar-refractivity contribution in [2.45, 2.75) is 32.5 Å². The van der Waals surface area contributed by atoms with Gasteiger partial charge in [-0.1, -0.05) is 6.92 Å². The Hall–Kier alpha value is -1.66. The van der Waals surface area contributed by atoms with Gasteiger partial charge < -0.3 is 10.6 Å². The lowest BCUT2D eigenvalue weighted by atomic mass is 10.5. The molecule has 7 heteroatoms. The fraction of sp³-hybridized carbons (Fsp3) is 0.636. The molecular formula is C11H17F2N5. The van der Waals surface area contributed by atoms with Crippen molar-refractivity contribution in [1.82, 2.24) is 20.2 Å². The molecule has 18 heavy (non-hydrogen) atoms. The molecule has 0 aliphatic heterocycles. The molecule has 1 heterocycles. The topological polar surface area (TPSA) is 54.2 Å². The van der Waals surface area contributed by atoms with Gasteiger partial charge in [0.05, 0.1) is 6.54 Å². The summed E-state index contributed by atoms with van der Waals surface area (Å²) in [5, 5.41) is 6.20. The van der Waals surface area contributed by atoms with E-state index in [2.05, 4.69) is 27.5 Å². The molecule has 5 nitrogen and oxygen atoms in total. The van der Waals surface area contributed by atoms with Crippen molar-refractivity contribution >= 4 is 5.96 Å². The molecule has 2 rings (SSSR count). The summed E-state index contributed by atoms with van der Waals surface area (Å²) in [6.45, 7) is -0.199. The van der Waals surface area contributed by atoms with E-state index in [0.717, 1.165) is 11.0 Å². The van der Waals surface area contributed by atoms with Gasteiger partial charge in [-0.25, -0.2) is 4.98 Å². The molecule has 0 saturated heterocycles. The van der Waals surface area contributed by atoms with E-state index in [4.69, 9.17) is 0 Å². The first-order chi connectivity index (χ1) is 8.61. The number of aromatic nitrogens is 2. The van der Waals surface area contributed by atoms with Crippen molar-refractivity contribution in [3.8, 4) is 0 Å². The molecule has 1 aromatic rings. The van der Waals surface area contributed by atoms with E-state index in [1.165, 1.54) is 12.4 Å². The molecule has 2 N–H and O–H groups in total. The summed E-state index contributed by atoms with van der Waals surface area (Å²) in [6.07, 6.45) is 3.75. The molecule has 2 atom stereocenters. The van der Waals surface area contributed by atoms with Gasteiger partial charge in [0.2, 0.25) is 0 Å². The van der Waals surface area contributed by atoms with E-state index in [9.17, 15) is 8.78 Å². The number of hydrogen-bond donors (Lipinski definition) is 2. The van der Waals surface area contributed by atoms with Gasteiger partial charge in [0.15, 0.2) is 5.96 Å². The van der Waals surface area contributed by atoms with Gasteiger partial charge >= 0.3 is 6.55 Å². The standard InChI is InChI=1S/C11H17F2N5/c1-7-5-8(7)17-11(14-2)16-6-9-15-3-4-18(9)10(12)13/h3-4,7-8,10H,5-6H2,1-2H3,(H2,14,16,17). The molecule has 0 aromatic carbocycles. The minimum Gasteiger partial charge on any atom is -0.353 e. The summed E-state index contributed by atoms with van der Waals surface area (Å²) in [7, 11) is 1.65. The van der Waals surface area contributed by atoms with Crippen LogP contribution in [0.1, 0.15) is 25.7 Å². The zero-order valence-corrected chi connectivity index (χ0v) is 10.4. The number of alkyl halides is 2. The number of guanidine groups is 1. The fourth-order valence-electron chi connectivity index (χ4n) is 1.71. The summed E-state index contributed by atoms with van der Waals surface area (Å²) >= 11 is 0. The molecule has 1 aliphatic rings. The van der Waals surface area contributed by atoms with Crippen LogP contribution >= 0.6 is 0 Å². The van der Waals surface area contributed by atoms with Gasteiger partial charge in [-0.15, -0.1) is 0 Å². The van der Waals surface area contributed by atoms with Gasteiger partial charge in [-0.2, -0.15) is 8.78 Å². The predicted molar refractivity (Wildman–Crippen MR) is 64.4 cm³/mol. The highest BCUT2D eigenvalue weighted by Crippen LogP contribution is 2.28. The molecule has 0 radical (unpaired) electrons. The Kier molecular flexibility index (Phi) is 3.78. The minimum atomic E-state index is -2.57. The lowest BCUT2D eigenvalue weighted by molar-refractivity contribution is 0.0668. The lowest BCUT2D eigenvalue weighted by Gasteiger charge is -2.12. The molecule has 0 spiro atoms. The summed E-state index contributed by atoms with van der Waals surface area (Å²) in [5.74, 6) is 1.55. The Bertz CT molecular complexity index is 429. The zero-order chi connectivity index (χ0) is 13.1. The van der Waals surface area contributed by atoms with Gasteiger partial charge in [-0.05, 0) is 12.3 Å². The molecule has 1 fully saturated rings. The number of halogens is 2. The fourth-order valence-corrected chi connectivity index (χ4v) is 1.71. The maximum Gasteiger partial charge on any atom is 0.319 e. The van der Waals surface area contributed by atoms with E-state index in [1.54, 1.807) is 7.05 Å². The van der Waals surface area contributed by atoms with Crippen molar-refractivity contribution in [1.29, 1.82) is 0 Å². The van der Waals surface area contributed by atoms with E-state index in [0.29, 0.717) is 17.9 Å². The summed E-state index contributed by atoms with van der Waals surface area (Å²) < 4.78 is 26.0. The Labute approximate surface area is 104 Å². The van der Waals surface area contributed by atoms with Crippen LogP contribution in [0.5, 0.6) is 0 Å². The maximum absolute atomic E-state index is 12.6.